The van der Waals surface area contributed by atoms with Crippen LogP contribution in [0.15, 0.2) is 17.5 Å². The molecule has 0 spiro atoms. The Balaban J connectivity index is 1.97. The number of hydrogen-bond donors (Lipinski definition) is 2. The Morgan fingerprint density at radius 3 is 3.14 bits per heavy atom. The van der Waals surface area contributed by atoms with Gasteiger partial charge in [-0.15, -0.1) is 11.3 Å². The first kappa shape index (κ1) is 17.4. The first-order chi connectivity index (χ1) is 10.7. The number of aliphatic hydroxyl groups excluding tert-OH is 1. The molecule has 2 rings (SSSR count). The fraction of sp³-hybridized carbons (Fsp3) is 0.667. The van der Waals surface area contributed by atoms with Crippen LogP contribution in [-0.2, 0) is 14.3 Å². The Bertz CT molecular complexity index is 450. The Kier molecular flexibility index (Phi) is 6.78. The highest BCUT2D eigenvalue weighted by atomic mass is 32.1. The van der Waals surface area contributed by atoms with Gasteiger partial charge in [-0.1, -0.05) is 6.07 Å². The average Bonchev–Trinajstić information content (AvgIpc) is 3.07. The third kappa shape index (κ3) is 4.50. The van der Waals surface area contributed by atoms with E-state index in [1.165, 1.54) is 11.3 Å². The average molecular weight is 328 g/mol. The number of rotatable bonds is 7. The zero-order valence-corrected chi connectivity index (χ0v) is 13.6. The summed E-state index contributed by atoms with van der Waals surface area (Å²) in [6.07, 6.45) is -0.0987. The van der Waals surface area contributed by atoms with Crippen LogP contribution in [0.25, 0.3) is 0 Å². The minimum absolute atomic E-state index is 0.00368. The van der Waals surface area contributed by atoms with E-state index in [9.17, 15) is 9.90 Å². The highest BCUT2D eigenvalue weighted by Crippen LogP contribution is 2.26. The Morgan fingerprint density at radius 2 is 2.50 bits per heavy atom. The van der Waals surface area contributed by atoms with Crippen molar-refractivity contribution in [2.45, 2.75) is 31.1 Å². The molecule has 7 heteroatoms. The summed E-state index contributed by atoms with van der Waals surface area (Å²) in [5.41, 5.74) is 5.58. The van der Waals surface area contributed by atoms with Gasteiger partial charge in [0.15, 0.2) is 0 Å². The molecule has 0 bridgehead atoms. The molecule has 1 aliphatic rings. The summed E-state index contributed by atoms with van der Waals surface area (Å²) in [7, 11) is 1.56. The van der Waals surface area contributed by atoms with Crippen molar-refractivity contribution in [2.24, 2.45) is 5.73 Å². The monoisotopic (exact) mass is 328 g/mol. The molecule has 3 unspecified atom stereocenters. The molecule has 22 heavy (non-hydrogen) atoms. The predicted octanol–water partition coefficient (Wildman–Crippen LogP) is 0.763. The SMILES string of the molecule is COC(CN)CC(=O)N1CCOCC1CC(O)c1cccs1. The molecule has 0 aromatic carbocycles. The van der Waals surface area contributed by atoms with Gasteiger partial charge in [-0.3, -0.25) is 4.79 Å². The van der Waals surface area contributed by atoms with Gasteiger partial charge >= 0.3 is 0 Å². The number of carbonyl (C=O) groups is 1. The number of hydrogen-bond acceptors (Lipinski definition) is 6. The second kappa shape index (κ2) is 8.59. The minimum atomic E-state index is -0.574. The van der Waals surface area contributed by atoms with Crippen LogP contribution >= 0.6 is 11.3 Å². The summed E-state index contributed by atoms with van der Waals surface area (Å²) in [6, 6.07) is 3.70. The van der Waals surface area contributed by atoms with E-state index in [1.54, 1.807) is 12.0 Å². The van der Waals surface area contributed by atoms with Crippen LogP contribution in [0.2, 0.25) is 0 Å². The molecule has 2 heterocycles. The molecule has 3 N–H and O–H groups in total. The summed E-state index contributed by atoms with van der Waals surface area (Å²) in [4.78, 5) is 15.2. The van der Waals surface area contributed by atoms with Gasteiger partial charge < -0.3 is 25.2 Å². The minimum Gasteiger partial charge on any atom is -0.387 e. The number of ether oxygens (including phenoxy) is 2. The predicted molar refractivity (Wildman–Crippen MR) is 84.7 cm³/mol. The lowest BCUT2D eigenvalue weighted by molar-refractivity contribution is -0.143. The molecule has 0 saturated carbocycles. The van der Waals surface area contributed by atoms with Crippen LogP contribution < -0.4 is 5.73 Å². The van der Waals surface area contributed by atoms with E-state index in [-0.39, 0.29) is 24.5 Å². The van der Waals surface area contributed by atoms with Gasteiger partial charge in [0.05, 0.1) is 37.9 Å². The van der Waals surface area contributed by atoms with Gasteiger partial charge in [-0.05, 0) is 11.4 Å². The van der Waals surface area contributed by atoms with E-state index in [0.29, 0.717) is 32.7 Å². The molecule has 124 valence electrons. The number of nitrogens with two attached hydrogens (primary N) is 1. The number of morpholine rings is 1. The van der Waals surface area contributed by atoms with Crippen LogP contribution in [-0.4, -0.2) is 61.5 Å². The third-order valence-corrected chi connectivity index (χ3v) is 4.89. The molecule has 1 aromatic rings. The normalized spacial score (nSPS) is 21.6. The number of thiophene rings is 1. The molecule has 1 aromatic heterocycles. The van der Waals surface area contributed by atoms with Gasteiger partial charge in [0.2, 0.25) is 5.91 Å². The van der Waals surface area contributed by atoms with Crippen LogP contribution in [0, 0.1) is 0 Å². The topological polar surface area (TPSA) is 85.0 Å². The van der Waals surface area contributed by atoms with E-state index < -0.39 is 6.10 Å². The van der Waals surface area contributed by atoms with Crippen LogP contribution in [0.5, 0.6) is 0 Å². The third-order valence-electron chi connectivity index (χ3n) is 3.91. The zero-order chi connectivity index (χ0) is 15.9. The Labute approximate surface area is 134 Å². The van der Waals surface area contributed by atoms with Crippen molar-refractivity contribution in [2.75, 3.05) is 33.4 Å². The van der Waals surface area contributed by atoms with Crippen molar-refractivity contribution in [1.29, 1.82) is 0 Å². The maximum Gasteiger partial charge on any atom is 0.225 e. The van der Waals surface area contributed by atoms with Gasteiger partial charge in [-0.25, -0.2) is 0 Å². The Morgan fingerprint density at radius 1 is 1.68 bits per heavy atom. The molecule has 1 amide bonds. The standard InChI is InChI=1S/C15H24N2O4S/c1-20-12(9-16)8-15(19)17-4-5-21-10-11(17)7-13(18)14-3-2-6-22-14/h2-3,6,11-13,18H,4-5,7-10,16H2,1H3. The second-order valence-electron chi connectivity index (χ2n) is 5.38. The maximum absolute atomic E-state index is 12.5. The van der Waals surface area contributed by atoms with Crippen molar-refractivity contribution >= 4 is 17.2 Å². The number of aliphatic hydroxyl groups is 1. The molecule has 3 atom stereocenters. The number of amides is 1. The van der Waals surface area contributed by atoms with Crippen molar-refractivity contribution in [1.82, 2.24) is 4.90 Å². The first-order valence-corrected chi connectivity index (χ1v) is 8.35. The van der Waals surface area contributed by atoms with Gasteiger partial charge in [0, 0.05) is 31.5 Å². The van der Waals surface area contributed by atoms with Gasteiger partial charge in [-0.2, -0.15) is 0 Å². The number of methoxy groups -OCH3 is 1. The smallest absolute Gasteiger partial charge is 0.225 e. The fourth-order valence-electron chi connectivity index (χ4n) is 2.61. The van der Waals surface area contributed by atoms with Gasteiger partial charge in [0.1, 0.15) is 0 Å². The van der Waals surface area contributed by atoms with Crippen molar-refractivity contribution in [3.05, 3.63) is 22.4 Å². The lowest BCUT2D eigenvalue weighted by Gasteiger charge is -2.37. The van der Waals surface area contributed by atoms with Gasteiger partial charge in [0.25, 0.3) is 0 Å². The largest absolute Gasteiger partial charge is 0.387 e. The number of carbonyl (C=O) groups excluding carboxylic acids is 1. The fourth-order valence-corrected chi connectivity index (χ4v) is 3.33. The van der Waals surface area contributed by atoms with E-state index in [4.69, 9.17) is 15.2 Å². The van der Waals surface area contributed by atoms with E-state index in [2.05, 4.69) is 0 Å². The van der Waals surface area contributed by atoms with Crippen LogP contribution in [0.1, 0.15) is 23.8 Å². The molecule has 6 nitrogen and oxygen atoms in total. The Hall–Kier alpha value is -0.990. The van der Waals surface area contributed by atoms with Crippen LogP contribution in [0.3, 0.4) is 0 Å². The van der Waals surface area contributed by atoms with Crippen LogP contribution in [0.4, 0.5) is 0 Å². The van der Waals surface area contributed by atoms with E-state index in [1.807, 2.05) is 17.5 Å². The maximum atomic E-state index is 12.5. The molecular formula is C15H24N2O4S. The molecular weight excluding hydrogens is 304 g/mol. The summed E-state index contributed by atoms with van der Waals surface area (Å²) >= 11 is 1.52. The summed E-state index contributed by atoms with van der Waals surface area (Å²) in [6.45, 7) is 1.84. The van der Waals surface area contributed by atoms with Crippen molar-refractivity contribution in [3.8, 4) is 0 Å². The lowest BCUT2D eigenvalue weighted by Crippen LogP contribution is -2.50. The molecule has 0 aliphatic carbocycles. The quantitative estimate of drug-likeness (QED) is 0.772. The molecule has 0 radical (unpaired) electrons. The van der Waals surface area contributed by atoms with E-state index >= 15 is 0 Å². The van der Waals surface area contributed by atoms with Crippen molar-refractivity contribution < 1.29 is 19.4 Å². The molecule has 1 aliphatic heterocycles. The van der Waals surface area contributed by atoms with Crippen molar-refractivity contribution in [3.63, 3.8) is 0 Å². The molecule has 1 saturated heterocycles. The summed E-state index contributed by atoms with van der Waals surface area (Å²) in [5.74, 6) is 0.00368. The summed E-state index contributed by atoms with van der Waals surface area (Å²) in [5, 5.41) is 12.2. The summed E-state index contributed by atoms with van der Waals surface area (Å²) < 4.78 is 10.7. The highest BCUT2D eigenvalue weighted by molar-refractivity contribution is 7.10. The lowest BCUT2D eigenvalue weighted by atomic mass is 10.0. The number of nitrogens with zero attached hydrogens (tertiary/aromatic N) is 1. The second-order valence-corrected chi connectivity index (χ2v) is 6.36. The zero-order valence-electron chi connectivity index (χ0n) is 12.8. The van der Waals surface area contributed by atoms with E-state index in [0.717, 1.165) is 4.88 Å². The highest BCUT2D eigenvalue weighted by Gasteiger charge is 2.30. The first-order valence-electron chi connectivity index (χ1n) is 7.47. The molecule has 1 fully saturated rings.